The minimum Gasteiger partial charge on any atom is -0.456 e. The molecule has 4 heteroatoms. The number of hydrogen-bond donors (Lipinski definition) is 0. The lowest BCUT2D eigenvalue weighted by molar-refractivity contribution is 0.669. The van der Waals surface area contributed by atoms with Crippen molar-refractivity contribution in [2.24, 2.45) is 0 Å². The quantitative estimate of drug-likeness (QED) is 0.177. The molecule has 4 nitrogen and oxygen atoms in total. The van der Waals surface area contributed by atoms with Crippen LogP contribution in [0.5, 0.6) is 0 Å². The molecule has 0 N–H and O–H groups in total. The zero-order valence-electron chi connectivity index (χ0n) is 30.7. The van der Waals surface area contributed by atoms with E-state index in [1.54, 1.807) is 0 Å². The van der Waals surface area contributed by atoms with Crippen LogP contribution in [0.2, 0.25) is 0 Å². The van der Waals surface area contributed by atoms with Crippen molar-refractivity contribution in [2.75, 3.05) is 0 Å². The highest BCUT2D eigenvalue weighted by atomic mass is 16.3. The van der Waals surface area contributed by atoms with Crippen LogP contribution in [-0.4, -0.2) is 9.55 Å². The number of para-hydroxylation sites is 4. The van der Waals surface area contributed by atoms with E-state index in [9.17, 15) is 0 Å². The van der Waals surface area contributed by atoms with E-state index in [1.165, 1.54) is 21.9 Å². The summed E-state index contributed by atoms with van der Waals surface area (Å²) in [5.41, 5.74) is 15.2. The SMILES string of the molecule is c1ccc(-c2ccc(-c3cc(-c4cccc5c4oc4ccccc45)cc(-c4cccc(-n5c6ccccc6c6c7c(ccc65)oc5ccccc57)c4)n3)cc2)cc1. The van der Waals surface area contributed by atoms with E-state index in [0.717, 1.165) is 94.2 Å². The van der Waals surface area contributed by atoms with Crippen molar-refractivity contribution in [2.45, 2.75) is 0 Å². The van der Waals surface area contributed by atoms with Gasteiger partial charge < -0.3 is 13.4 Å². The van der Waals surface area contributed by atoms with Crippen LogP contribution in [0.4, 0.5) is 0 Å². The maximum absolute atomic E-state index is 6.56. The summed E-state index contributed by atoms with van der Waals surface area (Å²) in [6.45, 7) is 0. The minimum atomic E-state index is 0.873. The molecule has 0 radical (unpaired) electrons. The van der Waals surface area contributed by atoms with Gasteiger partial charge in [-0.1, -0.05) is 140 Å². The summed E-state index contributed by atoms with van der Waals surface area (Å²) in [6, 6.07) is 68.3. The Morgan fingerprint density at radius 1 is 0.351 bits per heavy atom. The second kappa shape index (κ2) is 12.4. The number of fused-ring (bicyclic) bond motifs is 10. The fourth-order valence-corrected chi connectivity index (χ4v) is 8.78. The Bertz CT molecular complexity index is 3510. The number of rotatable bonds is 5. The fraction of sp³-hybridized carbons (Fsp3) is 0. The second-order valence-electron chi connectivity index (χ2n) is 14.7. The lowest BCUT2D eigenvalue weighted by Crippen LogP contribution is -1.96. The first-order chi connectivity index (χ1) is 28.2. The van der Waals surface area contributed by atoms with Crippen LogP contribution in [0, 0.1) is 0 Å². The highest BCUT2D eigenvalue weighted by Gasteiger charge is 2.20. The Morgan fingerprint density at radius 3 is 1.82 bits per heavy atom. The predicted molar refractivity (Wildman–Crippen MR) is 235 cm³/mol. The van der Waals surface area contributed by atoms with Gasteiger partial charge in [0.05, 0.1) is 22.4 Å². The average Bonchev–Trinajstić information content (AvgIpc) is 3.96. The van der Waals surface area contributed by atoms with E-state index in [-0.39, 0.29) is 0 Å². The van der Waals surface area contributed by atoms with Gasteiger partial charge in [0, 0.05) is 54.7 Å². The molecule has 0 aliphatic rings. The summed E-state index contributed by atoms with van der Waals surface area (Å²) in [7, 11) is 0. The lowest BCUT2D eigenvalue weighted by Gasteiger charge is -2.13. The van der Waals surface area contributed by atoms with E-state index in [1.807, 2.05) is 30.3 Å². The van der Waals surface area contributed by atoms with Crippen LogP contribution < -0.4 is 0 Å². The summed E-state index contributed by atoms with van der Waals surface area (Å²) in [5.74, 6) is 0. The van der Waals surface area contributed by atoms with Crippen LogP contribution in [0.1, 0.15) is 0 Å². The van der Waals surface area contributed by atoms with Crippen LogP contribution >= 0.6 is 0 Å². The van der Waals surface area contributed by atoms with Gasteiger partial charge in [-0.3, -0.25) is 0 Å². The standard InChI is InChI=1S/C53H32N2O2/c1-2-12-33(13-3-1)34-24-26-35(27-25-34)44-31-37(39-19-11-20-41-40-16-5-8-22-48(40)57-53(39)41)32-45(54-44)36-14-10-15-38(30-36)55-46-21-7-4-17-42(46)51-47(55)28-29-50-52(51)43-18-6-9-23-49(43)56-50/h1-32H. The van der Waals surface area contributed by atoms with Crippen molar-refractivity contribution in [3.63, 3.8) is 0 Å². The first-order valence-electron chi connectivity index (χ1n) is 19.3. The van der Waals surface area contributed by atoms with Gasteiger partial charge in [-0.05, 0) is 71.3 Å². The lowest BCUT2D eigenvalue weighted by atomic mass is 9.97. The van der Waals surface area contributed by atoms with Crippen LogP contribution in [0.25, 0.3) is 116 Å². The molecule has 4 heterocycles. The summed E-state index contributed by atoms with van der Waals surface area (Å²) in [5, 5.41) is 6.86. The Labute approximate surface area is 327 Å². The van der Waals surface area contributed by atoms with Gasteiger partial charge in [0.15, 0.2) is 0 Å². The first-order valence-corrected chi connectivity index (χ1v) is 19.3. The van der Waals surface area contributed by atoms with Crippen molar-refractivity contribution >= 4 is 65.7 Å². The van der Waals surface area contributed by atoms with Crippen LogP contribution in [0.15, 0.2) is 203 Å². The summed E-state index contributed by atoms with van der Waals surface area (Å²) < 4.78 is 15.3. The number of aromatic nitrogens is 2. The first kappa shape index (κ1) is 31.6. The molecule has 0 amide bonds. The number of hydrogen-bond acceptors (Lipinski definition) is 3. The topological polar surface area (TPSA) is 44.1 Å². The maximum atomic E-state index is 6.56. The molecular formula is C53H32N2O2. The second-order valence-corrected chi connectivity index (χ2v) is 14.7. The molecule has 0 fully saturated rings. The van der Waals surface area contributed by atoms with Crippen molar-refractivity contribution in [1.82, 2.24) is 9.55 Å². The molecular weight excluding hydrogens is 697 g/mol. The molecule has 12 rings (SSSR count). The maximum Gasteiger partial charge on any atom is 0.143 e. The molecule has 0 aliphatic carbocycles. The Morgan fingerprint density at radius 2 is 0.982 bits per heavy atom. The molecule has 266 valence electrons. The van der Waals surface area contributed by atoms with Gasteiger partial charge in [0.1, 0.15) is 22.3 Å². The largest absolute Gasteiger partial charge is 0.456 e. The normalized spacial score (nSPS) is 11.9. The number of pyridine rings is 1. The third-order valence-electron chi connectivity index (χ3n) is 11.4. The van der Waals surface area contributed by atoms with Gasteiger partial charge in [-0.15, -0.1) is 0 Å². The van der Waals surface area contributed by atoms with Gasteiger partial charge in [0.25, 0.3) is 0 Å². The van der Waals surface area contributed by atoms with Crippen molar-refractivity contribution < 1.29 is 8.83 Å². The molecule has 8 aromatic carbocycles. The molecule has 0 saturated carbocycles. The number of furan rings is 2. The van der Waals surface area contributed by atoms with Gasteiger partial charge in [-0.2, -0.15) is 0 Å². The van der Waals surface area contributed by atoms with Crippen molar-refractivity contribution in [1.29, 1.82) is 0 Å². The van der Waals surface area contributed by atoms with Gasteiger partial charge >= 0.3 is 0 Å². The molecule has 57 heavy (non-hydrogen) atoms. The van der Waals surface area contributed by atoms with Gasteiger partial charge in [-0.25, -0.2) is 4.98 Å². The van der Waals surface area contributed by atoms with E-state index in [4.69, 9.17) is 13.8 Å². The van der Waals surface area contributed by atoms with E-state index in [2.05, 4.69) is 168 Å². The molecule has 0 atom stereocenters. The predicted octanol–water partition coefficient (Wildman–Crippen LogP) is 14.6. The van der Waals surface area contributed by atoms with Crippen LogP contribution in [-0.2, 0) is 0 Å². The number of benzene rings is 8. The third-order valence-corrected chi connectivity index (χ3v) is 11.4. The summed E-state index contributed by atoms with van der Waals surface area (Å²) >= 11 is 0. The van der Waals surface area contributed by atoms with Crippen LogP contribution in [0.3, 0.4) is 0 Å². The Kier molecular flexibility index (Phi) is 6.89. The fourth-order valence-electron chi connectivity index (χ4n) is 8.78. The van der Waals surface area contributed by atoms with E-state index < -0.39 is 0 Å². The molecule has 0 saturated heterocycles. The molecule has 0 bridgehead atoms. The highest BCUT2D eigenvalue weighted by Crippen LogP contribution is 2.42. The minimum absolute atomic E-state index is 0.873. The highest BCUT2D eigenvalue weighted by molar-refractivity contribution is 6.27. The molecule has 0 unspecified atom stereocenters. The van der Waals surface area contributed by atoms with Gasteiger partial charge in [0.2, 0.25) is 0 Å². The zero-order valence-corrected chi connectivity index (χ0v) is 30.7. The smallest absolute Gasteiger partial charge is 0.143 e. The number of nitrogens with zero attached hydrogens (tertiary/aromatic N) is 2. The third kappa shape index (κ3) is 4.98. The Balaban J connectivity index is 1.06. The molecule has 12 aromatic rings. The van der Waals surface area contributed by atoms with E-state index >= 15 is 0 Å². The zero-order chi connectivity index (χ0) is 37.5. The summed E-state index contributed by atoms with van der Waals surface area (Å²) in [4.78, 5) is 5.39. The average molecular weight is 729 g/mol. The van der Waals surface area contributed by atoms with E-state index in [0.29, 0.717) is 0 Å². The molecule has 4 aromatic heterocycles. The van der Waals surface area contributed by atoms with Crippen molar-refractivity contribution in [3.05, 3.63) is 194 Å². The summed E-state index contributed by atoms with van der Waals surface area (Å²) in [6.07, 6.45) is 0. The Hall–Kier alpha value is -7.69. The molecule has 0 spiro atoms. The molecule has 0 aliphatic heterocycles. The monoisotopic (exact) mass is 728 g/mol. The van der Waals surface area contributed by atoms with Crippen molar-refractivity contribution in [3.8, 4) is 50.5 Å².